The van der Waals surface area contributed by atoms with Gasteiger partial charge in [0.2, 0.25) is 5.95 Å². The molecule has 4 aromatic heterocycles. The van der Waals surface area contributed by atoms with E-state index < -0.39 is 76.6 Å². The van der Waals surface area contributed by atoms with Gasteiger partial charge in [-0.15, -0.1) is 0 Å². The van der Waals surface area contributed by atoms with E-state index >= 15 is 4.39 Å². The maximum absolute atomic E-state index is 15.8. The average molecular weight is 672 g/mol. The summed E-state index contributed by atoms with van der Waals surface area (Å²) in [7, 11) is -0.713. The number of aromatic nitrogens is 8. The summed E-state index contributed by atoms with van der Waals surface area (Å²) < 4.78 is 73.8. The molecule has 0 radical (unpaired) electrons. The van der Waals surface area contributed by atoms with Gasteiger partial charge >= 0.3 is 6.80 Å². The molecule has 4 bridgehead atoms. The molecule has 8 heterocycles. The van der Waals surface area contributed by atoms with Crippen molar-refractivity contribution in [1.82, 2.24) is 39.0 Å². The van der Waals surface area contributed by atoms with E-state index in [1.54, 1.807) is 4.57 Å². The number of fused-ring (bicyclic) bond motifs is 4. The fourth-order valence-electron chi connectivity index (χ4n) is 5.82. The van der Waals surface area contributed by atoms with Gasteiger partial charge in [0.25, 0.3) is 5.56 Å². The summed E-state index contributed by atoms with van der Waals surface area (Å²) in [6.07, 6.45) is -4.12. The zero-order chi connectivity index (χ0) is 30.4. The molecule has 4 aliphatic heterocycles. The molecule has 5 N–H and O–H groups in total. The molecule has 0 saturated carbocycles. The van der Waals surface area contributed by atoms with Crippen molar-refractivity contribution in [1.29, 1.82) is 0 Å². The number of nitrogens with one attached hydrogen (secondary N) is 1. The molecule has 10 atom stereocenters. The number of nitrogen functional groups attached to an aromatic ring is 2. The quantitative estimate of drug-likeness (QED) is 0.166. The third-order valence-electron chi connectivity index (χ3n) is 7.83. The molecule has 8 rings (SSSR count). The number of H-pyrrole nitrogens is 1. The molecule has 0 aromatic carbocycles. The van der Waals surface area contributed by atoms with Crippen molar-refractivity contribution in [3.63, 3.8) is 0 Å². The SMILES string of the molecule is Nc1nc2c(ncn2[C@@H]2O[C@@H]3CO[P@](=O)(S)O[C@H]4[C@H]5OC[C@]4(COPO[C@@H]2[C@@H]3F)O[C@H]5n2cnc3c(N)ncnc32)c(=O)[nH]1. The van der Waals surface area contributed by atoms with Crippen LogP contribution in [0.25, 0.3) is 22.3 Å². The molecular formula is C21H23FN10O9P2S. The number of nitrogens with two attached hydrogens (primary N) is 2. The number of nitrogens with zero attached hydrogens (tertiary/aromatic N) is 7. The summed E-state index contributed by atoms with van der Waals surface area (Å²) in [6.45, 7) is -4.87. The fraction of sp³-hybridized carbons (Fsp3) is 0.524. The predicted molar refractivity (Wildman–Crippen MR) is 150 cm³/mol. The largest absolute Gasteiger partial charge is 0.386 e. The highest BCUT2D eigenvalue weighted by Crippen LogP contribution is 2.60. The van der Waals surface area contributed by atoms with Gasteiger partial charge in [-0.25, -0.2) is 28.9 Å². The van der Waals surface area contributed by atoms with Gasteiger partial charge in [-0.3, -0.25) is 28.0 Å². The normalized spacial score (nSPS) is 38.1. The second-order valence-electron chi connectivity index (χ2n) is 10.5. The van der Waals surface area contributed by atoms with Gasteiger partial charge in [0.05, 0.1) is 32.5 Å². The Morgan fingerprint density at radius 1 is 1.09 bits per heavy atom. The number of imidazole rings is 2. The topological polar surface area (TPSA) is 241 Å². The van der Waals surface area contributed by atoms with Crippen LogP contribution in [0, 0.1) is 0 Å². The zero-order valence-corrected chi connectivity index (χ0v) is 24.9. The summed E-state index contributed by atoms with van der Waals surface area (Å²) in [5.41, 5.74) is 10.6. The number of hydrogen-bond donors (Lipinski definition) is 4. The van der Waals surface area contributed by atoms with Gasteiger partial charge in [0, 0.05) is 0 Å². The van der Waals surface area contributed by atoms with Crippen molar-refractivity contribution in [3.05, 3.63) is 29.3 Å². The Kier molecular flexibility index (Phi) is 6.73. The Labute approximate surface area is 251 Å². The van der Waals surface area contributed by atoms with E-state index in [9.17, 15) is 9.36 Å². The van der Waals surface area contributed by atoms with Crippen molar-refractivity contribution < 1.29 is 41.3 Å². The monoisotopic (exact) mass is 672 g/mol. The number of alkyl halides is 1. The molecule has 23 heteroatoms. The van der Waals surface area contributed by atoms with E-state index in [0.717, 1.165) is 0 Å². The van der Waals surface area contributed by atoms with E-state index in [0.29, 0.717) is 11.2 Å². The van der Waals surface area contributed by atoms with Crippen LogP contribution in [-0.2, 0) is 36.9 Å². The zero-order valence-electron chi connectivity index (χ0n) is 22.1. The Bertz CT molecular complexity index is 1880. The van der Waals surface area contributed by atoms with Crippen LogP contribution in [0.4, 0.5) is 16.2 Å². The predicted octanol–water partition coefficient (Wildman–Crippen LogP) is 0.389. The van der Waals surface area contributed by atoms with E-state index in [-0.39, 0.29) is 36.1 Å². The molecule has 4 aromatic rings. The van der Waals surface area contributed by atoms with Crippen molar-refractivity contribution in [2.45, 2.75) is 48.6 Å². The molecule has 4 saturated heterocycles. The fourth-order valence-corrected chi connectivity index (χ4v) is 8.05. The Balaban J connectivity index is 1.09. The van der Waals surface area contributed by atoms with Crippen molar-refractivity contribution >= 4 is 62.2 Å². The van der Waals surface area contributed by atoms with Crippen LogP contribution in [0.2, 0.25) is 0 Å². The molecular weight excluding hydrogens is 649 g/mol. The number of ether oxygens (including phenoxy) is 3. The number of rotatable bonds is 2. The molecule has 0 aliphatic carbocycles. The first kappa shape index (κ1) is 28.6. The third-order valence-corrected chi connectivity index (χ3v) is 10.1. The van der Waals surface area contributed by atoms with Gasteiger partial charge in [-0.1, -0.05) is 12.2 Å². The van der Waals surface area contributed by atoms with Gasteiger partial charge in [0.1, 0.15) is 41.9 Å². The Hall–Kier alpha value is -2.84. The molecule has 0 spiro atoms. The van der Waals surface area contributed by atoms with E-state index in [1.807, 2.05) is 0 Å². The van der Waals surface area contributed by atoms with Gasteiger partial charge in [-0.05, 0) is 0 Å². The van der Waals surface area contributed by atoms with Gasteiger partial charge in [-0.2, -0.15) is 4.98 Å². The molecule has 4 fully saturated rings. The van der Waals surface area contributed by atoms with Crippen molar-refractivity contribution in [2.24, 2.45) is 0 Å². The second-order valence-corrected chi connectivity index (χ2v) is 14.0. The highest BCUT2D eigenvalue weighted by molar-refractivity contribution is 8.44. The number of aromatic amines is 1. The lowest BCUT2D eigenvalue weighted by Gasteiger charge is -2.31. The lowest BCUT2D eigenvalue weighted by molar-refractivity contribution is -0.182. The average Bonchev–Trinajstić information content (AvgIpc) is 3.78. The maximum Gasteiger partial charge on any atom is 0.386 e. The Morgan fingerprint density at radius 3 is 2.73 bits per heavy atom. The smallest absolute Gasteiger partial charge is 0.382 e. The van der Waals surface area contributed by atoms with Crippen LogP contribution >= 0.6 is 28.1 Å². The summed E-state index contributed by atoms with van der Waals surface area (Å²) in [5.74, 6) is 0.0121. The van der Waals surface area contributed by atoms with Crippen molar-refractivity contribution in [2.75, 3.05) is 31.3 Å². The van der Waals surface area contributed by atoms with Crippen LogP contribution in [0.15, 0.2) is 23.8 Å². The number of halogens is 1. The van der Waals surface area contributed by atoms with E-state index in [2.05, 4.69) is 42.2 Å². The lowest BCUT2D eigenvalue weighted by Crippen LogP contribution is -2.45. The van der Waals surface area contributed by atoms with Gasteiger partial charge in [0.15, 0.2) is 50.3 Å². The standard InChI is InChI=1S/C21H23FN10O9P2S/c22-8-7-1-37-43(34,44)41-13-12-19(31-5-27-9-14(23)25-4-26-15(9)31)39-21(13,2-35-12)3-36-42-40-11(8)18(38-7)32-6-28-10-16(32)29-20(24)30-17(10)33/h4-8,11-13,18-19,42H,1-3H2,(H,34,44)(H2,23,25,26)(H3,24,29,30,33)/t7-,8-,11-,12-,13+,18-,19-,21-,43+/m1/s1. The molecule has 19 nitrogen and oxygen atoms in total. The van der Waals surface area contributed by atoms with Crippen molar-refractivity contribution in [3.8, 4) is 0 Å². The summed E-state index contributed by atoms with van der Waals surface area (Å²) >= 11 is 4.17. The molecule has 0 amide bonds. The highest BCUT2D eigenvalue weighted by atomic mass is 32.7. The van der Waals surface area contributed by atoms with E-state index in [1.165, 1.54) is 23.5 Å². The minimum absolute atomic E-state index is 0.00698. The lowest BCUT2D eigenvalue weighted by atomic mass is 10.0. The summed E-state index contributed by atoms with van der Waals surface area (Å²) in [6, 6.07) is 0. The molecule has 234 valence electrons. The second kappa shape index (κ2) is 10.3. The van der Waals surface area contributed by atoms with Gasteiger partial charge < -0.3 is 34.7 Å². The highest BCUT2D eigenvalue weighted by Gasteiger charge is 2.65. The molecule has 4 aliphatic rings. The summed E-state index contributed by atoms with van der Waals surface area (Å²) in [5, 5.41) is 0. The number of anilines is 2. The van der Waals surface area contributed by atoms with E-state index in [4.69, 9.17) is 43.8 Å². The van der Waals surface area contributed by atoms with Crippen LogP contribution in [0.1, 0.15) is 12.5 Å². The maximum atomic E-state index is 15.8. The summed E-state index contributed by atoms with van der Waals surface area (Å²) in [4.78, 5) is 35.3. The minimum atomic E-state index is -4.18. The minimum Gasteiger partial charge on any atom is -0.382 e. The first-order valence-electron chi connectivity index (χ1n) is 13.1. The first-order valence-corrected chi connectivity index (χ1v) is 16.6. The van der Waals surface area contributed by atoms with Crippen LogP contribution < -0.4 is 17.0 Å². The third kappa shape index (κ3) is 4.45. The number of thiol groups is 1. The molecule has 1 unspecified atom stereocenters. The van der Waals surface area contributed by atoms with Crippen LogP contribution in [0.3, 0.4) is 0 Å². The number of hydrogen-bond acceptors (Lipinski definition) is 16. The van der Waals surface area contributed by atoms with Crippen LogP contribution in [0.5, 0.6) is 0 Å². The Morgan fingerprint density at radius 2 is 1.89 bits per heavy atom. The molecule has 44 heavy (non-hydrogen) atoms. The first-order chi connectivity index (χ1) is 21.1. The van der Waals surface area contributed by atoms with Crippen LogP contribution in [-0.4, -0.2) is 95.0 Å².